The van der Waals surface area contributed by atoms with Gasteiger partial charge in [-0.25, -0.2) is 4.79 Å². The second-order valence-corrected chi connectivity index (χ2v) is 9.85. The first kappa shape index (κ1) is 28.5. The van der Waals surface area contributed by atoms with E-state index in [1.807, 2.05) is 109 Å². The molecule has 1 amide bonds. The summed E-state index contributed by atoms with van der Waals surface area (Å²) in [5.74, 6) is 0.451. The van der Waals surface area contributed by atoms with Crippen LogP contribution >= 0.6 is 0 Å². The van der Waals surface area contributed by atoms with E-state index in [4.69, 9.17) is 23.7 Å². The molecule has 1 aliphatic heterocycles. The zero-order valence-corrected chi connectivity index (χ0v) is 22.8. The van der Waals surface area contributed by atoms with Gasteiger partial charge >= 0.3 is 6.09 Å². The van der Waals surface area contributed by atoms with E-state index in [1.165, 1.54) is 0 Å². The number of hydrogen-bond acceptors (Lipinski definition) is 6. The lowest BCUT2D eigenvalue weighted by atomic mass is 9.97. The Morgan fingerprint density at radius 1 is 0.659 bits per heavy atom. The number of para-hydroxylation sites is 1. The van der Waals surface area contributed by atoms with Crippen LogP contribution in [0.5, 0.6) is 5.75 Å². The van der Waals surface area contributed by atoms with Gasteiger partial charge < -0.3 is 29.0 Å². The summed E-state index contributed by atoms with van der Waals surface area (Å²) in [5, 5.41) is 2.95. The molecule has 1 saturated heterocycles. The molecule has 1 fully saturated rings. The normalized spacial score (nSPS) is 20.3. The molecule has 0 aliphatic carbocycles. The van der Waals surface area contributed by atoms with Gasteiger partial charge in [-0.15, -0.1) is 0 Å². The minimum Gasteiger partial charge on any atom is -0.410 e. The van der Waals surface area contributed by atoms with Crippen LogP contribution < -0.4 is 10.1 Å². The number of carbonyl (C=O) groups is 1. The number of nitrogens with one attached hydrogen (secondary N) is 1. The van der Waals surface area contributed by atoms with Gasteiger partial charge in [-0.2, -0.15) is 0 Å². The number of ether oxygens (including phenoxy) is 5. The van der Waals surface area contributed by atoms with Crippen molar-refractivity contribution in [2.24, 2.45) is 0 Å². The van der Waals surface area contributed by atoms with E-state index in [0.29, 0.717) is 32.2 Å². The maximum absolute atomic E-state index is 12.9. The molecule has 1 aliphatic rings. The van der Waals surface area contributed by atoms with Crippen molar-refractivity contribution in [1.82, 2.24) is 5.32 Å². The molecule has 0 unspecified atom stereocenters. The molecule has 41 heavy (non-hydrogen) atoms. The molecule has 4 atom stereocenters. The lowest BCUT2D eigenvalue weighted by molar-refractivity contribution is -0.207. The molecule has 4 aromatic carbocycles. The van der Waals surface area contributed by atoms with Gasteiger partial charge in [0.1, 0.15) is 24.1 Å². The van der Waals surface area contributed by atoms with Crippen LogP contribution in [0.15, 0.2) is 121 Å². The van der Waals surface area contributed by atoms with Crippen LogP contribution in [0.4, 0.5) is 4.79 Å². The summed E-state index contributed by atoms with van der Waals surface area (Å²) >= 11 is 0. The molecule has 0 saturated carbocycles. The van der Waals surface area contributed by atoms with Crippen molar-refractivity contribution < 1.29 is 28.5 Å². The topological polar surface area (TPSA) is 75.3 Å². The van der Waals surface area contributed by atoms with Crippen LogP contribution in [0.2, 0.25) is 0 Å². The molecule has 0 bridgehead atoms. The van der Waals surface area contributed by atoms with Crippen LogP contribution in [0, 0.1) is 0 Å². The van der Waals surface area contributed by atoms with Crippen molar-refractivity contribution in [3.63, 3.8) is 0 Å². The van der Waals surface area contributed by atoms with Gasteiger partial charge in [-0.1, -0.05) is 109 Å². The Hall–Kier alpha value is -4.01. The van der Waals surface area contributed by atoms with Crippen molar-refractivity contribution in [2.75, 3.05) is 13.2 Å². The number of carbonyl (C=O) groups excluding carboxylic acids is 1. The first-order valence-electron chi connectivity index (χ1n) is 13.8. The van der Waals surface area contributed by atoms with E-state index in [-0.39, 0.29) is 6.61 Å². The molecular weight excluding hydrogens is 518 g/mol. The molecule has 0 radical (unpaired) electrons. The molecule has 212 valence electrons. The van der Waals surface area contributed by atoms with E-state index >= 15 is 0 Å². The third-order valence-corrected chi connectivity index (χ3v) is 6.80. The van der Waals surface area contributed by atoms with Crippen LogP contribution in [0.25, 0.3) is 0 Å². The zero-order chi connectivity index (χ0) is 28.1. The fourth-order valence-electron chi connectivity index (χ4n) is 4.71. The minimum absolute atomic E-state index is 0.216. The third-order valence-electron chi connectivity index (χ3n) is 6.80. The predicted octanol–water partition coefficient (Wildman–Crippen LogP) is 5.93. The standard InChI is InChI=1S/C34H35NO6/c36-34(41-29-19-11-4-12-20-29)35-30-24-38-31(25-37-21-26-13-5-1-6-14-26)33(40-23-28-17-9-3-10-18-28)32(30)39-22-27-15-7-2-8-16-27/h1-20,30-33H,21-25H2,(H,35,36)/t30-,31-,32-,33+/m1/s1. The van der Waals surface area contributed by atoms with Crippen molar-refractivity contribution in [2.45, 2.75) is 44.2 Å². The lowest BCUT2D eigenvalue weighted by Crippen LogP contribution is -2.62. The molecule has 7 nitrogen and oxygen atoms in total. The Kier molecular flexibility index (Phi) is 10.5. The van der Waals surface area contributed by atoms with Crippen LogP contribution in [-0.4, -0.2) is 43.7 Å². The first-order chi connectivity index (χ1) is 20.2. The maximum atomic E-state index is 12.9. The quantitative estimate of drug-likeness (QED) is 0.234. The van der Waals surface area contributed by atoms with E-state index in [9.17, 15) is 4.79 Å². The Bertz CT molecular complexity index is 1310. The average molecular weight is 554 g/mol. The molecule has 1 heterocycles. The lowest BCUT2D eigenvalue weighted by Gasteiger charge is -2.42. The maximum Gasteiger partial charge on any atom is 0.412 e. The van der Waals surface area contributed by atoms with Crippen LogP contribution in [-0.2, 0) is 38.8 Å². The Labute approximate surface area is 241 Å². The highest BCUT2D eigenvalue weighted by Crippen LogP contribution is 2.25. The number of rotatable bonds is 12. The van der Waals surface area contributed by atoms with Gasteiger partial charge in [-0.05, 0) is 28.8 Å². The zero-order valence-electron chi connectivity index (χ0n) is 22.8. The monoisotopic (exact) mass is 553 g/mol. The van der Waals surface area contributed by atoms with Gasteiger partial charge in [0.05, 0.1) is 39.1 Å². The van der Waals surface area contributed by atoms with Crippen molar-refractivity contribution in [3.8, 4) is 5.75 Å². The van der Waals surface area contributed by atoms with Gasteiger partial charge in [-0.3, -0.25) is 0 Å². The molecule has 0 aromatic heterocycles. The summed E-state index contributed by atoms with van der Waals surface area (Å²) in [6.07, 6.45) is -2.04. The summed E-state index contributed by atoms with van der Waals surface area (Å²) in [4.78, 5) is 12.9. The van der Waals surface area contributed by atoms with E-state index in [0.717, 1.165) is 16.7 Å². The van der Waals surface area contributed by atoms with Crippen molar-refractivity contribution in [3.05, 3.63) is 138 Å². The summed E-state index contributed by atoms with van der Waals surface area (Å²) in [5.41, 5.74) is 3.12. The van der Waals surface area contributed by atoms with E-state index < -0.39 is 30.4 Å². The van der Waals surface area contributed by atoms with Crippen molar-refractivity contribution in [1.29, 1.82) is 0 Å². The predicted molar refractivity (Wildman–Crippen MR) is 155 cm³/mol. The number of amides is 1. The van der Waals surface area contributed by atoms with Gasteiger partial charge in [0, 0.05) is 0 Å². The summed E-state index contributed by atoms with van der Waals surface area (Å²) in [7, 11) is 0. The average Bonchev–Trinajstić information content (AvgIpc) is 3.02. The van der Waals surface area contributed by atoms with Crippen LogP contribution in [0.1, 0.15) is 16.7 Å². The molecule has 4 aromatic rings. The minimum atomic E-state index is -0.585. The SMILES string of the molecule is O=C(N[C@@H]1CO[C@H](COCc2ccccc2)[C@H](OCc2ccccc2)[C@@H]1OCc1ccccc1)Oc1ccccc1. The first-order valence-corrected chi connectivity index (χ1v) is 13.8. The summed E-state index contributed by atoms with van der Waals surface area (Å²) in [6.45, 7) is 1.68. The number of benzene rings is 4. The molecule has 0 spiro atoms. The summed E-state index contributed by atoms with van der Waals surface area (Å²) in [6, 6.07) is 38.3. The second kappa shape index (κ2) is 15.1. The highest BCUT2D eigenvalue weighted by molar-refractivity contribution is 5.70. The molecule has 1 N–H and O–H groups in total. The molecular formula is C34H35NO6. The van der Waals surface area contributed by atoms with E-state index in [1.54, 1.807) is 12.1 Å². The Morgan fingerprint density at radius 3 is 1.71 bits per heavy atom. The molecule has 5 rings (SSSR count). The number of hydrogen-bond donors (Lipinski definition) is 1. The van der Waals surface area contributed by atoms with Gasteiger partial charge in [0.25, 0.3) is 0 Å². The van der Waals surface area contributed by atoms with Gasteiger partial charge in [0.2, 0.25) is 0 Å². The fourth-order valence-corrected chi connectivity index (χ4v) is 4.71. The highest BCUT2D eigenvalue weighted by Gasteiger charge is 2.43. The Morgan fingerprint density at radius 2 is 1.15 bits per heavy atom. The third kappa shape index (κ3) is 8.74. The summed E-state index contributed by atoms with van der Waals surface area (Å²) < 4.78 is 30.8. The smallest absolute Gasteiger partial charge is 0.410 e. The second-order valence-electron chi connectivity index (χ2n) is 9.85. The fraction of sp³-hybridized carbons (Fsp3) is 0.265. The molecule has 7 heteroatoms. The highest BCUT2D eigenvalue weighted by atomic mass is 16.6. The van der Waals surface area contributed by atoms with E-state index in [2.05, 4.69) is 5.32 Å². The van der Waals surface area contributed by atoms with Crippen molar-refractivity contribution >= 4 is 6.09 Å². The van der Waals surface area contributed by atoms with Crippen LogP contribution in [0.3, 0.4) is 0 Å². The Balaban J connectivity index is 1.33. The largest absolute Gasteiger partial charge is 0.412 e. The van der Waals surface area contributed by atoms with Gasteiger partial charge in [0.15, 0.2) is 0 Å².